The predicted octanol–water partition coefficient (Wildman–Crippen LogP) is 6.95. The standard InChI is InChI=1S/C25H24BrCl2NO3/c26-25-12-15-6-16(13-25)11-24(10-15,14-25)23(31)32-21(17-4-2-1-3-5-17)22(30)29-20-8-18(27)7-19(28)9-20/h1-5,7-9,15-16,21H,6,10-14H2,(H,29,30). The van der Waals surface area contributed by atoms with Gasteiger partial charge in [0.1, 0.15) is 0 Å². The van der Waals surface area contributed by atoms with Crippen molar-refractivity contribution in [2.75, 3.05) is 5.32 Å². The van der Waals surface area contributed by atoms with Crippen molar-refractivity contribution in [2.24, 2.45) is 17.3 Å². The van der Waals surface area contributed by atoms with Gasteiger partial charge in [-0.25, -0.2) is 0 Å². The van der Waals surface area contributed by atoms with Gasteiger partial charge in [0.05, 0.1) is 5.41 Å². The topological polar surface area (TPSA) is 55.4 Å². The number of hydrogen-bond donors (Lipinski definition) is 1. The molecule has 0 aliphatic heterocycles. The first-order valence-corrected chi connectivity index (χ1v) is 12.5. The lowest BCUT2D eigenvalue weighted by molar-refractivity contribution is -0.177. The van der Waals surface area contributed by atoms with E-state index in [1.807, 2.05) is 18.2 Å². The number of halogens is 3. The summed E-state index contributed by atoms with van der Waals surface area (Å²) in [4.78, 5) is 26.9. The van der Waals surface area contributed by atoms with Gasteiger partial charge >= 0.3 is 5.97 Å². The Balaban J connectivity index is 1.40. The molecule has 7 heteroatoms. The highest BCUT2D eigenvalue weighted by molar-refractivity contribution is 9.10. The lowest BCUT2D eigenvalue weighted by Gasteiger charge is -2.58. The molecule has 2 aromatic carbocycles. The highest BCUT2D eigenvalue weighted by atomic mass is 79.9. The Morgan fingerprint density at radius 3 is 2.22 bits per heavy atom. The van der Waals surface area contributed by atoms with E-state index in [9.17, 15) is 9.59 Å². The molecule has 4 nitrogen and oxygen atoms in total. The first-order valence-electron chi connectivity index (χ1n) is 11.0. The molecule has 4 aliphatic carbocycles. The molecule has 2 aromatic rings. The largest absolute Gasteiger partial charge is 0.447 e. The summed E-state index contributed by atoms with van der Waals surface area (Å²) in [5.74, 6) is 0.395. The number of nitrogens with one attached hydrogen (secondary N) is 1. The fourth-order valence-corrected chi connectivity index (χ4v) is 8.33. The zero-order valence-corrected chi connectivity index (χ0v) is 20.5. The molecule has 4 bridgehead atoms. The monoisotopic (exact) mass is 535 g/mol. The Hall–Kier alpha value is -1.56. The second kappa shape index (κ2) is 8.34. The highest BCUT2D eigenvalue weighted by Crippen LogP contribution is 2.64. The molecule has 0 aromatic heterocycles. The van der Waals surface area contributed by atoms with Crippen molar-refractivity contribution in [3.63, 3.8) is 0 Å². The third-order valence-electron chi connectivity index (χ3n) is 7.12. The van der Waals surface area contributed by atoms with E-state index in [1.165, 1.54) is 6.42 Å². The van der Waals surface area contributed by atoms with E-state index in [0.29, 0.717) is 33.1 Å². The van der Waals surface area contributed by atoms with Gasteiger partial charge in [-0.2, -0.15) is 0 Å². The van der Waals surface area contributed by atoms with Gasteiger partial charge in [0.25, 0.3) is 5.91 Å². The smallest absolute Gasteiger partial charge is 0.313 e. The molecular formula is C25H24BrCl2NO3. The molecule has 3 unspecified atom stereocenters. The number of amides is 1. The first kappa shape index (κ1) is 22.2. The van der Waals surface area contributed by atoms with Gasteiger partial charge in [-0.05, 0) is 68.6 Å². The van der Waals surface area contributed by atoms with Gasteiger partial charge < -0.3 is 10.1 Å². The molecule has 32 heavy (non-hydrogen) atoms. The van der Waals surface area contributed by atoms with E-state index in [4.69, 9.17) is 27.9 Å². The van der Waals surface area contributed by atoms with Gasteiger partial charge in [-0.3, -0.25) is 9.59 Å². The van der Waals surface area contributed by atoms with E-state index in [0.717, 1.165) is 32.1 Å². The third kappa shape index (κ3) is 4.32. The van der Waals surface area contributed by atoms with Crippen LogP contribution in [-0.4, -0.2) is 16.2 Å². The predicted molar refractivity (Wildman–Crippen MR) is 129 cm³/mol. The van der Waals surface area contributed by atoms with Gasteiger partial charge in [0.15, 0.2) is 0 Å². The molecule has 168 valence electrons. The van der Waals surface area contributed by atoms with Gasteiger partial charge in [0, 0.05) is 25.6 Å². The van der Waals surface area contributed by atoms with Crippen LogP contribution in [-0.2, 0) is 14.3 Å². The number of alkyl halides is 1. The molecule has 4 aliphatic rings. The molecule has 4 fully saturated rings. The number of rotatable bonds is 5. The Morgan fingerprint density at radius 1 is 1.00 bits per heavy atom. The molecule has 4 saturated carbocycles. The van der Waals surface area contributed by atoms with Crippen molar-refractivity contribution in [3.8, 4) is 0 Å². The van der Waals surface area contributed by atoms with Crippen LogP contribution >= 0.6 is 39.1 Å². The van der Waals surface area contributed by atoms with E-state index >= 15 is 0 Å². The van der Waals surface area contributed by atoms with Crippen LogP contribution in [0.1, 0.15) is 50.2 Å². The minimum atomic E-state index is -1.05. The SMILES string of the molecule is O=C(Nc1cc(Cl)cc(Cl)c1)C(OC(=O)C12CC3CC(CC(Br)(C3)C1)C2)c1ccccc1. The maximum Gasteiger partial charge on any atom is 0.313 e. The second-order valence-electron chi connectivity index (χ2n) is 9.74. The molecule has 0 radical (unpaired) electrons. The summed E-state index contributed by atoms with van der Waals surface area (Å²) in [5.41, 5.74) is 0.573. The van der Waals surface area contributed by atoms with E-state index < -0.39 is 17.4 Å². The second-order valence-corrected chi connectivity index (χ2v) is 12.3. The first-order chi connectivity index (χ1) is 15.2. The average Bonchev–Trinajstić information content (AvgIpc) is 2.69. The Bertz CT molecular complexity index is 1030. The molecule has 1 N–H and O–H groups in total. The van der Waals surface area contributed by atoms with Crippen molar-refractivity contribution in [1.29, 1.82) is 0 Å². The lowest BCUT2D eigenvalue weighted by atomic mass is 9.49. The molecule has 6 rings (SSSR count). The summed E-state index contributed by atoms with van der Waals surface area (Å²) in [5, 5.41) is 3.64. The zero-order chi connectivity index (χ0) is 22.5. The Morgan fingerprint density at radius 2 is 1.62 bits per heavy atom. The Labute approximate surface area is 206 Å². The normalized spacial score (nSPS) is 31.2. The van der Waals surface area contributed by atoms with Crippen molar-refractivity contribution >= 4 is 56.7 Å². The van der Waals surface area contributed by atoms with Crippen LogP contribution in [0.2, 0.25) is 10.0 Å². The number of carbonyl (C=O) groups excluding carboxylic acids is 2. The summed E-state index contributed by atoms with van der Waals surface area (Å²) in [6.07, 6.45) is 4.86. The van der Waals surface area contributed by atoms with E-state index in [1.54, 1.807) is 30.3 Å². The molecular weight excluding hydrogens is 513 g/mol. The summed E-state index contributed by atoms with van der Waals surface area (Å²) < 4.78 is 6.05. The zero-order valence-electron chi connectivity index (χ0n) is 17.5. The number of carbonyl (C=O) groups is 2. The lowest BCUT2D eigenvalue weighted by Crippen LogP contribution is -2.56. The number of anilines is 1. The number of ether oxygens (including phenoxy) is 1. The fraction of sp³-hybridized carbons (Fsp3) is 0.440. The molecule has 0 heterocycles. The molecule has 0 spiro atoms. The van der Waals surface area contributed by atoms with Crippen LogP contribution < -0.4 is 5.32 Å². The van der Waals surface area contributed by atoms with E-state index in [2.05, 4.69) is 21.2 Å². The molecule has 1 amide bonds. The van der Waals surface area contributed by atoms with Crippen LogP contribution in [0.25, 0.3) is 0 Å². The van der Waals surface area contributed by atoms with Gasteiger partial charge in [-0.15, -0.1) is 0 Å². The summed E-state index contributed by atoms with van der Waals surface area (Å²) in [6.45, 7) is 0. The minimum absolute atomic E-state index is 0.0259. The van der Waals surface area contributed by atoms with Crippen LogP contribution in [0.4, 0.5) is 5.69 Å². The highest BCUT2D eigenvalue weighted by Gasteiger charge is 2.61. The van der Waals surface area contributed by atoms with Crippen molar-refractivity contribution in [2.45, 2.75) is 49.0 Å². The summed E-state index contributed by atoms with van der Waals surface area (Å²) >= 11 is 16.1. The van der Waals surface area contributed by atoms with Crippen LogP contribution in [0.5, 0.6) is 0 Å². The maximum absolute atomic E-state index is 13.6. The maximum atomic E-state index is 13.6. The molecule has 0 saturated heterocycles. The van der Waals surface area contributed by atoms with E-state index in [-0.39, 0.29) is 10.3 Å². The summed E-state index contributed by atoms with van der Waals surface area (Å²) in [6, 6.07) is 13.9. The van der Waals surface area contributed by atoms with Crippen LogP contribution in [0.3, 0.4) is 0 Å². The van der Waals surface area contributed by atoms with Crippen molar-refractivity contribution in [1.82, 2.24) is 0 Å². The van der Waals surface area contributed by atoms with Gasteiger partial charge in [-0.1, -0.05) is 69.5 Å². The fourth-order valence-electron chi connectivity index (χ4n) is 6.36. The average molecular weight is 537 g/mol. The minimum Gasteiger partial charge on any atom is -0.447 e. The molecule has 3 atom stereocenters. The number of hydrogen-bond acceptors (Lipinski definition) is 3. The van der Waals surface area contributed by atoms with Gasteiger partial charge in [0.2, 0.25) is 6.10 Å². The van der Waals surface area contributed by atoms with Crippen LogP contribution in [0.15, 0.2) is 48.5 Å². The third-order valence-corrected chi connectivity index (χ3v) is 8.48. The number of esters is 1. The van der Waals surface area contributed by atoms with Crippen LogP contribution in [0, 0.1) is 17.3 Å². The number of benzene rings is 2. The quantitative estimate of drug-likeness (QED) is 0.332. The van der Waals surface area contributed by atoms with Crippen molar-refractivity contribution < 1.29 is 14.3 Å². The van der Waals surface area contributed by atoms with Crippen molar-refractivity contribution in [3.05, 3.63) is 64.1 Å². The summed E-state index contributed by atoms with van der Waals surface area (Å²) in [7, 11) is 0. The Kier molecular flexibility index (Phi) is 5.80.